The fourth-order valence-electron chi connectivity index (χ4n) is 4.83. The van der Waals surface area contributed by atoms with Crippen LogP contribution in [0.25, 0.3) is 11.2 Å². The average molecular weight is 502 g/mol. The first-order valence-corrected chi connectivity index (χ1v) is 12.4. The summed E-state index contributed by atoms with van der Waals surface area (Å²) < 4.78 is 7.84. The zero-order valence-corrected chi connectivity index (χ0v) is 20.7. The number of rotatable bonds is 7. The third-order valence-electron chi connectivity index (χ3n) is 6.89. The Kier molecular flexibility index (Phi) is 7.19. The van der Waals surface area contributed by atoms with Crippen LogP contribution in [0.2, 0.25) is 5.02 Å². The average Bonchev–Trinajstić information content (AvgIpc) is 3.40. The molecule has 10 nitrogen and oxygen atoms in total. The third kappa shape index (κ3) is 5.13. The molecule has 0 unspecified atom stereocenters. The number of hydrogen-bond acceptors (Lipinski definition) is 9. The van der Waals surface area contributed by atoms with Crippen LogP contribution in [-0.4, -0.2) is 96.6 Å². The molecule has 0 amide bonds. The number of hydrogen-bond donors (Lipinski definition) is 3. The Balaban J connectivity index is 1.28. The summed E-state index contributed by atoms with van der Waals surface area (Å²) in [5.41, 5.74) is 2.10. The Hall–Kier alpha value is -2.34. The summed E-state index contributed by atoms with van der Waals surface area (Å²) in [5.74, 6) is 0.571. The van der Waals surface area contributed by atoms with E-state index in [0.29, 0.717) is 41.1 Å². The Morgan fingerprint density at radius 2 is 1.91 bits per heavy atom. The molecule has 11 heteroatoms. The lowest BCUT2D eigenvalue weighted by Crippen LogP contribution is -2.51. The standard InChI is InChI=1S/C24H32ClN7O3/c1-15(2)31-8-6-30(7-9-31)12-18-20(33)21(34)24(35-18)32-14-29-19-22(27-13-28-23(19)32)26-11-16-4-3-5-17(25)10-16/h3-5,10,13-15,18,20-21,24,33-34H,6-9,11-12H2,1-2H3,(H,26,27,28)/t18-,20-,21-,24-/m1/s1. The van der Waals surface area contributed by atoms with Crippen LogP contribution >= 0.6 is 11.6 Å². The number of benzene rings is 1. The molecule has 1 aromatic carbocycles. The largest absolute Gasteiger partial charge is 0.387 e. The fourth-order valence-corrected chi connectivity index (χ4v) is 5.04. The summed E-state index contributed by atoms with van der Waals surface area (Å²) >= 11 is 6.08. The highest BCUT2D eigenvalue weighted by atomic mass is 35.5. The summed E-state index contributed by atoms with van der Waals surface area (Å²) in [6.45, 7) is 9.29. The molecule has 0 radical (unpaired) electrons. The number of aliphatic hydroxyl groups excluding tert-OH is 2. The van der Waals surface area contributed by atoms with E-state index in [4.69, 9.17) is 16.3 Å². The van der Waals surface area contributed by atoms with E-state index in [1.54, 1.807) is 10.9 Å². The Labute approximate surface area is 209 Å². The fraction of sp³-hybridized carbons (Fsp3) is 0.542. The van der Waals surface area contributed by atoms with Gasteiger partial charge in [0.1, 0.15) is 24.6 Å². The molecule has 5 rings (SSSR count). The second kappa shape index (κ2) is 10.3. The molecule has 2 fully saturated rings. The second-order valence-electron chi connectivity index (χ2n) is 9.51. The van der Waals surface area contributed by atoms with Gasteiger partial charge in [-0.3, -0.25) is 14.4 Å². The van der Waals surface area contributed by atoms with Crippen LogP contribution in [0.3, 0.4) is 0 Å². The van der Waals surface area contributed by atoms with E-state index in [0.717, 1.165) is 31.7 Å². The van der Waals surface area contributed by atoms with Gasteiger partial charge in [-0.1, -0.05) is 23.7 Å². The molecule has 188 valence electrons. The highest BCUT2D eigenvalue weighted by molar-refractivity contribution is 6.30. The highest BCUT2D eigenvalue weighted by Crippen LogP contribution is 2.33. The van der Waals surface area contributed by atoms with Gasteiger partial charge < -0.3 is 20.3 Å². The van der Waals surface area contributed by atoms with Gasteiger partial charge >= 0.3 is 0 Å². The third-order valence-corrected chi connectivity index (χ3v) is 7.13. The van der Waals surface area contributed by atoms with Crippen LogP contribution in [-0.2, 0) is 11.3 Å². The molecule has 2 aliphatic rings. The minimum atomic E-state index is -1.09. The van der Waals surface area contributed by atoms with Crippen LogP contribution in [0.15, 0.2) is 36.9 Å². The van der Waals surface area contributed by atoms with E-state index < -0.39 is 24.5 Å². The van der Waals surface area contributed by atoms with Gasteiger partial charge in [0.25, 0.3) is 0 Å². The van der Waals surface area contributed by atoms with Crippen LogP contribution in [0.4, 0.5) is 5.82 Å². The number of imidazole rings is 1. The number of ether oxygens (including phenoxy) is 1. The first-order valence-electron chi connectivity index (χ1n) is 12.0. The SMILES string of the molecule is CC(C)N1CCN(C[C@H]2O[C@@H](n3cnc4c(NCc5cccc(Cl)c5)ncnc43)[C@H](O)[C@@H]2O)CC1. The topological polar surface area (TPSA) is 112 Å². The van der Waals surface area contributed by atoms with Gasteiger partial charge in [-0.2, -0.15) is 0 Å². The lowest BCUT2D eigenvalue weighted by molar-refractivity contribution is -0.0484. The normalized spacial score (nSPS) is 26.1. The Bertz CT molecular complexity index is 1150. The number of halogens is 1. The monoisotopic (exact) mass is 501 g/mol. The van der Waals surface area contributed by atoms with Crippen molar-refractivity contribution in [2.24, 2.45) is 0 Å². The van der Waals surface area contributed by atoms with Crippen molar-refractivity contribution < 1.29 is 14.9 Å². The number of nitrogens with zero attached hydrogens (tertiary/aromatic N) is 6. The van der Waals surface area contributed by atoms with Crippen molar-refractivity contribution >= 4 is 28.6 Å². The number of anilines is 1. The highest BCUT2D eigenvalue weighted by Gasteiger charge is 2.45. The van der Waals surface area contributed by atoms with Crippen molar-refractivity contribution in [3.8, 4) is 0 Å². The smallest absolute Gasteiger partial charge is 0.167 e. The molecular weight excluding hydrogens is 470 g/mol. The first-order chi connectivity index (χ1) is 16.9. The van der Waals surface area contributed by atoms with Gasteiger partial charge in [-0.25, -0.2) is 15.0 Å². The number of aliphatic hydroxyl groups is 2. The molecule has 0 aliphatic carbocycles. The second-order valence-corrected chi connectivity index (χ2v) is 9.94. The molecular formula is C24H32ClN7O3. The molecule has 2 aromatic heterocycles. The van der Waals surface area contributed by atoms with Gasteiger partial charge in [-0.05, 0) is 31.5 Å². The number of aromatic nitrogens is 4. The molecule has 35 heavy (non-hydrogen) atoms. The van der Waals surface area contributed by atoms with Gasteiger partial charge in [0.15, 0.2) is 23.2 Å². The summed E-state index contributed by atoms with van der Waals surface area (Å²) in [6, 6.07) is 8.11. The molecule has 0 spiro atoms. The summed E-state index contributed by atoms with van der Waals surface area (Å²) in [5, 5.41) is 25.5. The van der Waals surface area contributed by atoms with E-state index in [-0.39, 0.29) is 0 Å². The molecule has 2 saturated heterocycles. The van der Waals surface area contributed by atoms with E-state index in [1.807, 2.05) is 24.3 Å². The Morgan fingerprint density at radius 1 is 1.11 bits per heavy atom. The maximum Gasteiger partial charge on any atom is 0.167 e. The molecule has 2 aliphatic heterocycles. The molecule has 4 atom stereocenters. The van der Waals surface area contributed by atoms with Gasteiger partial charge in [0, 0.05) is 50.3 Å². The quantitative estimate of drug-likeness (QED) is 0.445. The van der Waals surface area contributed by atoms with Crippen molar-refractivity contribution in [3.05, 3.63) is 47.5 Å². The zero-order valence-electron chi connectivity index (χ0n) is 20.0. The summed E-state index contributed by atoms with van der Waals surface area (Å²) in [6.07, 6.45) is -0.346. The van der Waals surface area contributed by atoms with Crippen molar-refractivity contribution in [1.29, 1.82) is 0 Å². The maximum absolute atomic E-state index is 10.8. The predicted octanol–water partition coefficient (Wildman–Crippen LogP) is 1.74. The molecule has 0 saturated carbocycles. The maximum atomic E-state index is 10.8. The van der Waals surface area contributed by atoms with Crippen LogP contribution in [0.5, 0.6) is 0 Å². The van der Waals surface area contributed by atoms with Crippen molar-refractivity contribution in [1.82, 2.24) is 29.3 Å². The van der Waals surface area contributed by atoms with Crippen molar-refractivity contribution in [2.75, 3.05) is 38.0 Å². The van der Waals surface area contributed by atoms with Gasteiger partial charge in [0.2, 0.25) is 0 Å². The van der Waals surface area contributed by atoms with Crippen LogP contribution in [0.1, 0.15) is 25.6 Å². The van der Waals surface area contributed by atoms with E-state index in [9.17, 15) is 10.2 Å². The lowest BCUT2D eigenvalue weighted by atomic mass is 10.1. The van der Waals surface area contributed by atoms with Crippen LogP contribution < -0.4 is 5.32 Å². The first kappa shape index (κ1) is 24.4. The minimum Gasteiger partial charge on any atom is -0.387 e. The summed E-state index contributed by atoms with van der Waals surface area (Å²) in [7, 11) is 0. The summed E-state index contributed by atoms with van der Waals surface area (Å²) in [4.78, 5) is 17.9. The Morgan fingerprint density at radius 3 is 2.66 bits per heavy atom. The van der Waals surface area contributed by atoms with Gasteiger partial charge in [-0.15, -0.1) is 0 Å². The number of nitrogens with one attached hydrogen (secondary N) is 1. The van der Waals surface area contributed by atoms with Gasteiger partial charge in [0.05, 0.1) is 6.33 Å². The van der Waals surface area contributed by atoms with Crippen LogP contribution in [0, 0.1) is 0 Å². The minimum absolute atomic E-state index is 0.500. The molecule has 3 N–H and O–H groups in total. The molecule has 0 bridgehead atoms. The predicted molar refractivity (Wildman–Crippen MR) is 133 cm³/mol. The number of fused-ring (bicyclic) bond motifs is 1. The molecule has 4 heterocycles. The zero-order chi connectivity index (χ0) is 24.5. The number of piperazine rings is 1. The van der Waals surface area contributed by atoms with E-state index >= 15 is 0 Å². The lowest BCUT2D eigenvalue weighted by Gasteiger charge is -2.38. The molecule has 3 aromatic rings. The van der Waals surface area contributed by atoms with E-state index in [2.05, 4.69) is 43.9 Å². The van der Waals surface area contributed by atoms with E-state index in [1.165, 1.54) is 6.33 Å². The van der Waals surface area contributed by atoms with Crippen molar-refractivity contribution in [3.63, 3.8) is 0 Å². The van der Waals surface area contributed by atoms with Crippen molar-refractivity contribution in [2.45, 2.75) is 51.0 Å².